The molecule has 0 aliphatic carbocycles. The van der Waals surface area contributed by atoms with Crippen molar-refractivity contribution in [3.8, 4) is 17.3 Å². The van der Waals surface area contributed by atoms with Crippen molar-refractivity contribution in [3.63, 3.8) is 0 Å². The highest BCUT2D eigenvalue weighted by atomic mass is 35.5. The van der Waals surface area contributed by atoms with E-state index in [0.29, 0.717) is 27.4 Å². The van der Waals surface area contributed by atoms with Crippen LogP contribution < -0.4 is 4.74 Å². The zero-order valence-electron chi connectivity index (χ0n) is 20.4. The summed E-state index contributed by atoms with van der Waals surface area (Å²) in [5.74, 6) is 2.23. The highest BCUT2D eigenvalue weighted by Gasteiger charge is 2.32. The van der Waals surface area contributed by atoms with Crippen molar-refractivity contribution in [2.45, 2.75) is 45.5 Å². The number of benzene rings is 1. The monoisotopic (exact) mass is 525 g/mol. The molecule has 2 aliphatic rings. The molecular formula is C26H29Cl2N7O. The number of imidazole rings is 1. The van der Waals surface area contributed by atoms with Gasteiger partial charge in [-0.25, -0.2) is 4.98 Å². The first-order valence-corrected chi connectivity index (χ1v) is 13.1. The summed E-state index contributed by atoms with van der Waals surface area (Å²) in [7, 11) is 2.22. The molecule has 8 nitrogen and oxygen atoms in total. The van der Waals surface area contributed by atoms with E-state index < -0.39 is 0 Å². The van der Waals surface area contributed by atoms with Gasteiger partial charge in [-0.2, -0.15) is 5.10 Å². The molecule has 4 aromatic rings. The minimum atomic E-state index is 0.249. The van der Waals surface area contributed by atoms with Crippen LogP contribution in [0.5, 0.6) is 5.75 Å². The van der Waals surface area contributed by atoms with E-state index in [2.05, 4.69) is 43.9 Å². The Morgan fingerprint density at radius 2 is 1.92 bits per heavy atom. The largest absolute Gasteiger partial charge is 0.489 e. The first-order valence-electron chi connectivity index (χ1n) is 12.4. The Bertz CT molecular complexity index is 1350. The number of aromatic nitrogens is 5. The van der Waals surface area contributed by atoms with Gasteiger partial charge >= 0.3 is 0 Å². The maximum atomic E-state index is 6.23. The van der Waals surface area contributed by atoms with Gasteiger partial charge in [0, 0.05) is 42.5 Å². The normalized spacial score (nSPS) is 18.1. The zero-order valence-corrected chi connectivity index (χ0v) is 21.9. The van der Waals surface area contributed by atoms with Crippen molar-refractivity contribution in [2.75, 3.05) is 20.1 Å². The van der Waals surface area contributed by atoms with E-state index in [-0.39, 0.29) is 6.61 Å². The quantitative estimate of drug-likeness (QED) is 0.356. The zero-order chi connectivity index (χ0) is 24.8. The fourth-order valence-corrected chi connectivity index (χ4v) is 5.84. The molecule has 5 heterocycles. The Kier molecular flexibility index (Phi) is 6.37. The van der Waals surface area contributed by atoms with Crippen molar-refractivity contribution in [3.05, 3.63) is 57.6 Å². The third-order valence-corrected chi connectivity index (χ3v) is 8.35. The number of fused-ring (bicyclic) bond motifs is 2. The maximum Gasteiger partial charge on any atom is 0.159 e. The number of aromatic amines is 2. The third-order valence-electron chi connectivity index (χ3n) is 7.69. The summed E-state index contributed by atoms with van der Waals surface area (Å²) in [6, 6.07) is 6.38. The number of ether oxygens (including phenoxy) is 1. The molecule has 1 saturated heterocycles. The second-order valence-corrected chi connectivity index (χ2v) is 10.8. The van der Waals surface area contributed by atoms with Crippen molar-refractivity contribution in [1.82, 2.24) is 34.9 Å². The number of H-pyrrole nitrogens is 2. The number of halogens is 2. The van der Waals surface area contributed by atoms with Crippen LogP contribution in [0, 0.1) is 5.92 Å². The third kappa shape index (κ3) is 4.47. The van der Waals surface area contributed by atoms with Crippen LogP contribution in [-0.4, -0.2) is 61.1 Å². The second kappa shape index (κ2) is 9.67. The smallest absolute Gasteiger partial charge is 0.159 e. The topological polar surface area (TPSA) is 86.0 Å². The van der Waals surface area contributed by atoms with Crippen LogP contribution in [0.25, 0.3) is 22.4 Å². The molecule has 0 bridgehead atoms. The van der Waals surface area contributed by atoms with Crippen LogP contribution >= 0.6 is 23.2 Å². The molecule has 0 amide bonds. The highest BCUT2D eigenvalue weighted by Crippen LogP contribution is 2.34. The van der Waals surface area contributed by atoms with Crippen LogP contribution in [0.15, 0.2) is 30.6 Å². The average Bonchev–Trinajstić information content (AvgIpc) is 3.56. The van der Waals surface area contributed by atoms with E-state index >= 15 is 0 Å². The molecule has 0 saturated carbocycles. The Morgan fingerprint density at radius 1 is 1.14 bits per heavy atom. The number of hydrogen-bond donors (Lipinski definition) is 2. The van der Waals surface area contributed by atoms with Crippen LogP contribution in [0.1, 0.15) is 36.7 Å². The standard InChI is InChI=1S/C26H29Cl2N7O/c1-15(16-5-7-34(2)8-6-16)35-12-23-24(13-35)31-26(30-23)25-18-9-17(3-4-22(18)32-33-25)36-14-19-20(27)10-29-11-21(19)28/h3-4,9-11,15-16H,5-8,12-14H2,1-2H3,(H,30,31)(H,32,33). The molecule has 0 radical (unpaired) electrons. The van der Waals surface area contributed by atoms with E-state index in [9.17, 15) is 0 Å². The van der Waals surface area contributed by atoms with Crippen molar-refractivity contribution in [1.29, 1.82) is 0 Å². The van der Waals surface area contributed by atoms with Crippen molar-refractivity contribution < 1.29 is 4.74 Å². The predicted molar refractivity (Wildman–Crippen MR) is 141 cm³/mol. The van der Waals surface area contributed by atoms with Gasteiger partial charge < -0.3 is 14.6 Å². The van der Waals surface area contributed by atoms with E-state index in [1.165, 1.54) is 31.6 Å². The fourth-order valence-electron chi connectivity index (χ4n) is 5.36. The predicted octanol–water partition coefficient (Wildman–Crippen LogP) is 5.28. The number of nitrogens with one attached hydrogen (secondary N) is 2. The molecule has 1 atom stereocenters. The lowest BCUT2D eigenvalue weighted by Gasteiger charge is -2.36. The summed E-state index contributed by atoms with van der Waals surface area (Å²) in [6.07, 6.45) is 5.67. The minimum Gasteiger partial charge on any atom is -0.489 e. The van der Waals surface area contributed by atoms with Crippen molar-refractivity contribution >= 4 is 34.1 Å². The molecule has 188 valence electrons. The first-order chi connectivity index (χ1) is 17.5. The molecule has 0 spiro atoms. The first kappa shape index (κ1) is 23.7. The lowest BCUT2D eigenvalue weighted by molar-refractivity contribution is 0.103. The number of pyridine rings is 1. The average molecular weight is 526 g/mol. The molecule has 1 fully saturated rings. The van der Waals surface area contributed by atoms with E-state index in [4.69, 9.17) is 32.9 Å². The molecule has 1 unspecified atom stereocenters. The number of nitrogens with zero attached hydrogens (tertiary/aromatic N) is 5. The molecule has 2 N–H and O–H groups in total. The maximum absolute atomic E-state index is 6.23. The SMILES string of the molecule is CC(C1CCN(C)CC1)N1Cc2nc(-c3n[nH]c4ccc(OCc5c(Cl)cncc5Cl)cc34)[nH]c2C1. The molecule has 10 heteroatoms. The number of hydrogen-bond acceptors (Lipinski definition) is 6. The molecule has 1 aromatic carbocycles. The Labute approximate surface area is 220 Å². The van der Waals surface area contributed by atoms with Gasteiger partial charge in [0.2, 0.25) is 0 Å². The van der Waals surface area contributed by atoms with Crippen LogP contribution in [0.4, 0.5) is 0 Å². The van der Waals surface area contributed by atoms with Gasteiger partial charge in [-0.05, 0) is 64.0 Å². The number of likely N-dealkylation sites (tertiary alicyclic amines) is 1. The highest BCUT2D eigenvalue weighted by molar-refractivity contribution is 6.35. The second-order valence-electron chi connectivity index (χ2n) is 9.95. The van der Waals surface area contributed by atoms with Gasteiger partial charge in [-0.15, -0.1) is 0 Å². The number of rotatable bonds is 6. The summed E-state index contributed by atoms with van der Waals surface area (Å²) in [6.45, 7) is 6.79. The Hall–Kier alpha value is -2.65. The molecular weight excluding hydrogens is 497 g/mol. The minimum absolute atomic E-state index is 0.249. The van der Waals surface area contributed by atoms with Crippen LogP contribution in [0.3, 0.4) is 0 Å². The summed E-state index contributed by atoms with van der Waals surface area (Å²) in [5, 5.41) is 9.59. The van der Waals surface area contributed by atoms with Gasteiger partial charge in [0.25, 0.3) is 0 Å². The van der Waals surface area contributed by atoms with Gasteiger partial charge in [-0.3, -0.25) is 15.0 Å². The molecule has 6 rings (SSSR count). The molecule has 36 heavy (non-hydrogen) atoms. The Balaban J connectivity index is 1.18. The lowest BCUT2D eigenvalue weighted by Crippen LogP contribution is -2.41. The van der Waals surface area contributed by atoms with E-state index in [1.807, 2.05) is 18.2 Å². The van der Waals surface area contributed by atoms with Crippen LogP contribution in [0.2, 0.25) is 10.0 Å². The van der Waals surface area contributed by atoms with Crippen LogP contribution in [-0.2, 0) is 19.7 Å². The summed E-state index contributed by atoms with van der Waals surface area (Å²) >= 11 is 12.5. The fraction of sp³-hybridized carbons (Fsp3) is 0.423. The number of piperidine rings is 1. The van der Waals surface area contributed by atoms with E-state index in [1.54, 1.807) is 12.4 Å². The summed E-state index contributed by atoms with van der Waals surface area (Å²) in [5.41, 5.74) is 4.74. The van der Waals surface area contributed by atoms with Gasteiger partial charge in [0.05, 0.1) is 26.9 Å². The van der Waals surface area contributed by atoms with Crippen molar-refractivity contribution in [2.24, 2.45) is 5.92 Å². The van der Waals surface area contributed by atoms with Gasteiger partial charge in [-0.1, -0.05) is 23.2 Å². The summed E-state index contributed by atoms with van der Waals surface area (Å²) < 4.78 is 6.01. The van der Waals surface area contributed by atoms with Gasteiger partial charge in [0.1, 0.15) is 18.1 Å². The molecule has 2 aliphatic heterocycles. The van der Waals surface area contributed by atoms with Gasteiger partial charge in [0.15, 0.2) is 5.82 Å². The molecule has 3 aromatic heterocycles. The summed E-state index contributed by atoms with van der Waals surface area (Å²) in [4.78, 5) is 17.5. The Morgan fingerprint density at radius 3 is 2.67 bits per heavy atom. The lowest BCUT2D eigenvalue weighted by atomic mass is 9.90. The van der Waals surface area contributed by atoms with E-state index in [0.717, 1.165) is 47.1 Å².